The zero-order valence-corrected chi connectivity index (χ0v) is 11.3. The van der Waals surface area contributed by atoms with Crippen LogP contribution < -0.4 is 11.1 Å². The molecule has 5 heteroatoms. The number of nitrogens with one attached hydrogen (secondary N) is 1. The number of aromatic nitrogens is 2. The molecule has 1 amide bonds. The highest BCUT2D eigenvalue weighted by atomic mass is 16.1. The predicted molar refractivity (Wildman–Crippen MR) is 81.6 cm³/mol. The minimum Gasteiger partial charge on any atom is -0.398 e. The number of anilines is 1. The summed E-state index contributed by atoms with van der Waals surface area (Å²) < 4.78 is 0. The second-order valence-corrected chi connectivity index (χ2v) is 4.68. The Morgan fingerprint density at radius 1 is 1.10 bits per heavy atom. The average molecular weight is 278 g/mol. The summed E-state index contributed by atoms with van der Waals surface area (Å²) in [6.07, 6.45) is 1.59. The largest absolute Gasteiger partial charge is 0.398 e. The maximum atomic E-state index is 12.2. The van der Waals surface area contributed by atoms with Crippen molar-refractivity contribution in [3.63, 3.8) is 0 Å². The van der Waals surface area contributed by atoms with E-state index in [1.54, 1.807) is 24.4 Å². The van der Waals surface area contributed by atoms with E-state index in [0.29, 0.717) is 23.5 Å². The minimum atomic E-state index is -0.219. The summed E-state index contributed by atoms with van der Waals surface area (Å²) in [5.74, 6) is -0.219. The molecular weight excluding hydrogens is 264 g/mol. The molecule has 0 aliphatic heterocycles. The van der Waals surface area contributed by atoms with E-state index in [-0.39, 0.29) is 5.91 Å². The van der Waals surface area contributed by atoms with Gasteiger partial charge in [-0.05, 0) is 35.0 Å². The van der Waals surface area contributed by atoms with Crippen molar-refractivity contribution >= 4 is 22.4 Å². The van der Waals surface area contributed by atoms with Gasteiger partial charge in [-0.3, -0.25) is 4.79 Å². The molecule has 2 aromatic carbocycles. The molecule has 3 N–H and O–H groups in total. The van der Waals surface area contributed by atoms with Crippen LogP contribution in [0.3, 0.4) is 0 Å². The van der Waals surface area contributed by atoms with Crippen LogP contribution in [0.5, 0.6) is 0 Å². The average Bonchev–Trinajstić information content (AvgIpc) is 2.53. The number of rotatable bonds is 3. The Labute approximate surface area is 121 Å². The number of nitrogens with two attached hydrogens (primary N) is 1. The fourth-order valence-electron chi connectivity index (χ4n) is 2.15. The van der Waals surface area contributed by atoms with Crippen LogP contribution in [0.4, 0.5) is 5.69 Å². The van der Waals surface area contributed by atoms with Gasteiger partial charge < -0.3 is 11.1 Å². The molecule has 3 aromatic rings. The number of amides is 1. The minimum absolute atomic E-state index is 0.219. The number of carbonyl (C=O) groups is 1. The molecule has 0 saturated carbocycles. The van der Waals surface area contributed by atoms with Crippen molar-refractivity contribution in [2.75, 3.05) is 5.73 Å². The monoisotopic (exact) mass is 278 g/mol. The SMILES string of the molecule is Nc1cc2ccccc2cc1C(=O)NCc1cccnn1. The molecular formula is C16H14N4O. The van der Waals surface area contributed by atoms with Crippen LogP contribution in [-0.2, 0) is 6.54 Å². The summed E-state index contributed by atoms with van der Waals surface area (Å²) in [6, 6.07) is 15.0. The van der Waals surface area contributed by atoms with E-state index in [2.05, 4.69) is 15.5 Å². The van der Waals surface area contributed by atoms with Gasteiger partial charge in [-0.2, -0.15) is 10.2 Å². The smallest absolute Gasteiger partial charge is 0.253 e. The Balaban J connectivity index is 1.82. The number of fused-ring (bicyclic) bond motifs is 1. The Morgan fingerprint density at radius 2 is 1.86 bits per heavy atom. The van der Waals surface area contributed by atoms with Crippen LogP contribution in [0.1, 0.15) is 16.1 Å². The lowest BCUT2D eigenvalue weighted by atomic mass is 10.0. The summed E-state index contributed by atoms with van der Waals surface area (Å²) in [7, 11) is 0. The fraction of sp³-hybridized carbons (Fsp3) is 0.0625. The third kappa shape index (κ3) is 2.81. The van der Waals surface area contributed by atoms with Crippen LogP contribution in [0.2, 0.25) is 0 Å². The van der Waals surface area contributed by atoms with Crippen molar-refractivity contribution in [1.29, 1.82) is 0 Å². The highest BCUT2D eigenvalue weighted by Gasteiger charge is 2.11. The fourth-order valence-corrected chi connectivity index (χ4v) is 2.15. The second-order valence-electron chi connectivity index (χ2n) is 4.68. The third-order valence-corrected chi connectivity index (χ3v) is 3.22. The Morgan fingerprint density at radius 3 is 2.57 bits per heavy atom. The van der Waals surface area contributed by atoms with E-state index in [1.165, 1.54) is 0 Å². The van der Waals surface area contributed by atoms with Gasteiger partial charge in [-0.25, -0.2) is 0 Å². The van der Waals surface area contributed by atoms with Gasteiger partial charge >= 0.3 is 0 Å². The molecule has 1 heterocycles. The Bertz CT molecular complexity index is 787. The molecule has 5 nitrogen and oxygen atoms in total. The molecule has 104 valence electrons. The van der Waals surface area contributed by atoms with E-state index < -0.39 is 0 Å². The Kier molecular flexibility index (Phi) is 3.47. The molecule has 21 heavy (non-hydrogen) atoms. The van der Waals surface area contributed by atoms with Gasteiger partial charge in [0.25, 0.3) is 5.91 Å². The van der Waals surface area contributed by atoms with Gasteiger partial charge in [0.05, 0.1) is 17.8 Å². The van der Waals surface area contributed by atoms with Crippen molar-refractivity contribution < 1.29 is 4.79 Å². The molecule has 0 aliphatic carbocycles. The first-order chi connectivity index (χ1) is 10.2. The predicted octanol–water partition coefficient (Wildman–Crippen LogP) is 2.14. The second kappa shape index (κ2) is 5.58. The Hall–Kier alpha value is -2.95. The maximum absolute atomic E-state index is 12.2. The molecule has 0 atom stereocenters. The number of carbonyl (C=O) groups excluding carboxylic acids is 1. The van der Waals surface area contributed by atoms with Gasteiger partial charge in [0, 0.05) is 11.9 Å². The van der Waals surface area contributed by atoms with Crippen molar-refractivity contribution in [3.05, 3.63) is 66.0 Å². The van der Waals surface area contributed by atoms with Gasteiger partial charge in [-0.1, -0.05) is 24.3 Å². The highest BCUT2D eigenvalue weighted by molar-refractivity contribution is 6.03. The molecule has 0 aliphatic rings. The van der Waals surface area contributed by atoms with Crippen molar-refractivity contribution in [1.82, 2.24) is 15.5 Å². The van der Waals surface area contributed by atoms with Crippen LogP contribution in [0, 0.1) is 0 Å². The normalized spacial score (nSPS) is 10.5. The molecule has 3 rings (SSSR count). The summed E-state index contributed by atoms with van der Waals surface area (Å²) >= 11 is 0. The van der Waals surface area contributed by atoms with E-state index in [0.717, 1.165) is 10.8 Å². The molecule has 0 fully saturated rings. The number of hydrogen-bond acceptors (Lipinski definition) is 4. The first-order valence-electron chi connectivity index (χ1n) is 6.57. The third-order valence-electron chi connectivity index (χ3n) is 3.22. The quantitative estimate of drug-likeness (QED) is 0.719. The number of nitrogen functional groups attached to an aromatic ring is 1. The van der Waals surface area contributed by atoms with Crippen LogP contribution >= 0.6 is 0 Å². The molecule has 0 unspecified atom stereocenters. The van der Waals surface area contributed by atoms with Crippen molar-refractivity contribution in [2.24, 2.45) is 0 Å². The van der Waals surface area contributed by atoms with Crippen molar-refractivity contribution in [3.8, 4) is 0 Å². The zero-order valence-electron chi connectivity index (χ0n) is 11.3. The van der Waals surface area contributed by atoms with Gasteiger partial charge in [-0.15, -0.1) is 0 Å². The molecule has 0 bridgehead atoms. The summed E-state index contributed by atoms with van der Waals surface area (Å²) in [4.78, 5) is 12.2. The van der Waals surface area contributed by atoms with Gasteiger partial charge in [0.1, 0.15) is 0 Å². The first-order valence-corrected chi connectivity index (χ1v) is 6.57. The van der Waals surface area contributed by atoms with Crippen LogP contribution in [-0.4, -0.2) is 16.1 Å². The first kappa shape index (κ1) is 13.1. The van der Waals surface area contributed by atoms with Crippen LogP contribution in [0.15, 0.2) is 54.7 Å². The van der Waals surface area contributed by atoms with E-state index in [1.807, 2.05) is 30.3 Å². The lowest BCUT2D eigenvalue weighted by Crippen LogP contribution is -2.24. The van der Waals surface area contributed by atoms with Gasteiger partial charge in [0.15, 0.2) is 0 Å². The van der Waals surface area contributed by atoms with Crippen LogP contribution in [0.25, 0.3) is 10.8 Å². The number of benzene rings is 2. The number of hydrogen-bond donors (Lipinski definition) is 2. The molecule has 0 saturated heterocycles. The summed E-state index contributed by atoms with van der Waals surface area (Å²) in [5, 5.41) is 12.5. The van der Waals surface area contributed by atoms with E-state index in [4.69, 9.17) is 5.73 Å². The highest BCUT2D eigenvalue weighted by Crippen LogP contribution is 2.21. The van der Waals surface area contributed by atoms with E-state index in [9.17, 15) is 4.79 Å². The summed E-state index contributed by atoms with van der Waals surface area (Å²) in [6.45, 7) is 0.318. The van der Waals surface area contributed by atoms with Gasteiger partial charge in [0.2, 0.25) is 0 Å². The molecule has 1 aromatic heterocycles. The standard InChI is InChI=1S/C16H14N4O/c17-15-9-12-5-2-1-4-11(12)8-14(15)16(21)18-10-13-6-3-7-19-20-13/h1-9H,10,17H2,(H,18,21). The van der Waals surface area contributed by atoms with Crippen molar-refractivity contribution in [2.45, 2.75) is 6.54 Å². The number of nitrogens with zero attached hydrogens (tertiary/aromatic N) is 2. The lowest BCUT2D eigenvalue weighted by Gasteiger charge is -2.08. The summed E-state index contributed by atoms with van der Waals surface area (Å²) in [5.41, 5.74) is 7.60. The molecule has 0 spiro atoms. The van der Waals surface area contributed by atoms with E-state index >= 15 is 0 Å². The topological polar surface area (TPSA) is 80.9 Å². The molecule has 0 radical (unpaired) electrons. The zero-order chi connectivity index (χ0) is 14.7. The lowest BCUT2D eigenvalue weighted by molar-refractivity contribution is 0.0951. The maximum Gasteiger partial charge on any atom is 0.253 e.